The van der Waals surface area contributed by atoms with Gasteiger partial charge in [-0.2, -0.15) is 0 Å². The van der Waals surface area contributed by atoms with Gasteiger partial charge in [0, 0.05) is 38.7 Å². The summed E-state index contributed by atoms with van der Waals surface area (Å²) in [6, 6.07) is 15.4. The molecule has 5 heteroatoms. The average Bonchev–Trinajstić information content (AvgIpc) is 3.10. The molecule has 0 unspecified atom stereocenters. The molecule has 1 saturated heterocycles. The van der Waals surface area contributed by atoms with Gasteiger partial charge in [-0.15, -0.1) is 0 Å². The molecule has 2 aromatic carbocycles. The quantitative estimate of drug-likeness (QED) is 0.787. The number of fused-ring (bicyclic) bond motifs is 1. The Bertz CT molecular complexity index is 909. The van der Waals surface area contributed by atoms with Crippen molar-refractivity contribution >= 4 is 11.8 Å². The summed E-state index contributed by atoms with van der Waals surface area (Å²) in [7, 11) is 3.76. The fraction of sp³-hybridized carbons (Fsp3) is 0.417. The first kappa shape index (κ1) is 19.5. The van der Waals surface area contributed by atoms with E-state index in [0.29, 0.717) is 29.6 Å². The predicted octanol–water partition coefficient (Wildman–Crippen LogP) is 4.12. The molecule has 1 aliphatic carbocycles. The van der Waals surface area contributed by atoms with Gasteiger partial charge in [0.25, 0.3) is 5.91 Å². The lowest BCUT2D eigenvalue weighted by Crippen LogP contribution is -2.39. The number of likely N-dealkylation sites (tertiary alicyclic amines) is 1. The lowest BCUT2D eigenvalue weighted by atomic mass is 9.88. The second kappa shape index (κ2) is 7.90. The van der Waals surface area contributed by atoms with E-state index in [0.717, 1.165) is 30.7 Å². The highest BCUT2D eigenvalue weighted by Crippen LogP contribution is 2.40. The van der Waals surface area contributed by atoms with Crippen LogP contribution in [0.15, 0.2) is 48.5 Å². The maximum Gasteiger partial charge on any atom is 0.253 e. The van der Waals surface area contributed by atoms with Gasteiger partial charge >= 0.3 is 0 Å². The maximum atomic E-state index is 13.0. The number of amides is 2. The van der Waals surface area contributed by atoms with Crippen molar-refractivity contribution < 1.29 is 14.3 Å². The summed E-state index contributed by atoms with van der Waals surface area (Å²) in [4.78, 5) is 28.7. The van der Waals surface area contributed by atoms with Gasteiger partial charge in [0.1, 0.15) is 11.5 Å². The molecule has 1 saturated carbocycles. The van der Waals surface area contributed by atoms with Crippen LogP contribution in [-0.2, 0) is 4.79 Å². The molecule has 2 aliphatic rings. The maximum absolute atomic E-state index is 13.0. The minimum Gasteiger partial charge on any atom is -0.457 e. The van der Waals surface area contributed by atoms with Crippen LogP contribution in [0.1, 0.15) is 35.2 Å². The van der Waals surface area contributed by atoms with Crippen molar-refractivity contribution in [1.29, 1.82) is 0 Å². The van der Waals surface area contributed by atoms with E-state index in [4.69, 9.17) is 4.74 Å². The van der Waals surface area contributed by atoms with Crippen LogP contribution in [-0.4, -0.2) is 48.3 Å². The Morgan fingerprint density at radius 2 is 1.79 bits per heavy atom. The van der Waals surface area contributed by atoms with E-state index in [9.17, 15) is 9.59 Å². The van der Waals surface area contributed by atoms with E-state index in [1.165, 1.54) is 0 Å². The molecule has 0 spiro atoms. The van der Waals surface area contributed by atoms with Crippen molar-refractivity contribution in [3.05, 3.63) is 59.7 Å². The van der Waals surface area contributed by atoms with Crippen molar-refractivity contribution in [3.63, 3.8) is 0 Å². The van der Waals surface area contributed by atoms with E-state index >= 15 is 0 Å². The molecule has 5 nitrogen and oxygen atoms in total. The number of hydrogen-bond donors (Lipinski definition) is 0. The number of piperidine rings is 1. The van der Waals surface area contributed by atoms with Gasteiger partial charge in [0.2, 0.25) is 5.91 Å². The third-order valence-corrected chi connectivity index (χ3v) is 6.38. The molecule has 0 N–H and O–H groups in total. The minimum atomic E-state index is 0.0235. The zero-order chi connectivity index (χ0) is 20.5. The second-order valence-corrected chi connectivity index (χ2v) is 8.48. The van der Waals surface area contributed by atoms with E-state index in [1.54, 1.807) is 0 Å². The fourth-order valence-electron chi connectivity index (χ4n) is 4.65. The van der Waals surface area contributed by atoms with Crippen LogP contribution in [0.2, 0.25) is 0 Å². The molecular formula is C24H28N2O3. The number of ether oxygens (including phenoxy) is 1. The van der Waals surface area contributed by atoms with Gasteiger partial charge in [-0.3, -0.25) is 9.59 Å². The molecule has 2 amide bonds. The van der Waals surface area contributed by atoms with Gasteiger partial charge < -0.3 is 14.5 Å². The van der Waals surface area contributed by atoms with E-state index < -0.39 is 0 Å². The highest BCUT2D eigenvalue weighted by Gasteiger charge is 2.42. The molecule has 4 rings (SSSR count). The topological polar surface area (TPSA) is 49.9 Å². The van der Waals surface area contributed by atoms with Crippen molar-refractivity contribution in [1.82, 2.24) is 9.80 Å². The van der Waals surface area contributed by atoms with Gasteiger partial charge in [-0.05, 0) is 73.6 Å². The Labute approximate surface area is 172 Å². The molecule has 3 atom stereocenters. The standard InChI is InChI=1S/C24H28N2O3/c1-16-5-4-6-22(11-16)29-21-9-7-17(8-10-21)24(28)26(3)20-12-18-14-23(27)25(2)15-19(18)13-20/h4-11,18-20H,12-15H2,1-3H3/t18-,19+,20-/m1/s1. The van der Waals surface area contributed by atoms with Crippen LogP contribution < -0.4 is 4.74 Å². The number of benzene rings is 2. The summed E-state index contributed by atoms with van der Waals surface area (Å²) >= 11 is 0. The number of rotatable bonds is 4. The van der Waals surface area contributed by atoms with Gasteiger partial charge in [0.15, 0.2) is 0 Å². The number of aryl methyl sites for hydroxylation is 1. The average molecular weight is 392 g/mol. The van der Waals surface area contributed by atoms with Gasteiger partial charge in [0.05, 0.1) is 0 Å². The summed E-state index contributed by atoms with van der Waals surface area (Å²) < 4.78 is 5.88. The number of nitrogens with zero attached hydrogens (tertiary/aromatic N) is 2. The highest BCUT2D eigenvalue weighted by molar-refractivity contribution is 5.94. The van der Waals surface area contributed by atoms with Gasteiger partial charge in [-0.1, -0.05) is 12.1 Å². The number of carbonyl (C=O) groups excluding carboxylic acids is 2. The van der Waals surface area contributed by atoms with Crippen LogP contribution in [0.4, 0.5) is 0 Å². The second-order valence-electron chi connectivity index (χ2n) is 8.48. The molecule has 2 fully saturated rings. The summed E-state index contributed by atoms with van der Waals surface area (Å²) in [6.07, 6.45) is 2.50. The molecular weight excluding hydrogens is 364 g/mol. The zero-order valence-electron chi connectivity index (χ0n) is 17.3. The number of hydrogen-bond acceptors (Lipinski definition) is 3. The number of carbonyl (C=O) groups is 2. The van der Waals surface area contributed by atoms with Crippen LogP contribution in [0.25, 0.3) is 0 Å². The van der Waals surface area contributed by atoms with Crippen LogP contribution in [0.3, 0.4) is 0 Å². The lowest BCUT2D eigenvalue weighted by molar-refractivity contribution is -0.134. The Kier molecular flexibility index (Phi) is 5.31. The molecule has 0 aromatic heterocycles. The predicted molar refractivity (Wildman–Crippen MR) is 112 cm³/mol. The lowest BCUT2D eigenvalue weighted by Gasteiger charge is -2.31. The van der Waals surface area contributed by atoms with Crippen molar-refractivity contribution in [2.75, 3.05) is 20.6 Å². The first-order chi connectivity index (χ1) is 13.9. The van der Waals surface area contributed by atoms with Crippen LogP contribution in [0.5, 0.6) is 11.5 Å². The monoisotopic (exact) mass is 392 g/mol. The minimum absolute atomic E-state index is 0.0235. The molecule has 1 aliphatic heterocycles. The molecule has 1 heterocycles. The van der Waals surface area contributed by atoms with Crippen LogP contribution >= 0.6 is 0 Å². The summed E-state index contributed by atoms with van der Waals surface area (Å²) in [6.45, 7) is 2.84. The normalized spacial score (nSPS) is 23.6. The van der Waals surface area contributed by atoms with Gasteiger partial charge in [-0.25, -0.2) is 0 Å². The first-order valence-corrected chi connectivity index (χ1v) is 10.3. The Balaban J connectivity index is 1.39. The smallest absolute Gasteiger partial charge is 0.253 e. The van der Waals surface area contributed by atoms with Crippen molar-refractivity contribution in [3.8, 4) is 11.5 Å². The van der Waals surface area contributed by atoms with Crippen LogP contribution in [0, 0.1) is 18.8 Å². The Hall–Kier alpha value is -2.82. The summed E-state index contributed by atoms with van der Waals surface area (Å²) in [5.41, 5.74) is 1.80. The SMILES string of the molecule is Cc1cccc(Oc2ccc(C(=O)N(C)[C@@H]3C[C@@H]4CC(=O)N(C)C[C@@H]4C3)cc2)c1. The fourth-order valence-corrected chi connectivity index (χ4v) is 4.65. The van der Waals surface area contributed by atoms with Crippen molar-refractivity contribution in [2.24, 2.45) is 11.8 Å². The van der Waals surface area contributed by atoms with E-state index in [1.807, 2.05) is 79.3 Å². The highest BCUT2D eigenvalue weighted by atomic mass is 16.5. The summed E-state index contributed by atoms with van der Waals surface area (Å²) in [5, 5.41) is 0. The molecule has 0 radical (unpaired) electrons. The third kappa shape index (κ3) is 4.14. The zero-order valence-corrected chi connectivity index (χ0v) is 17.3. The Morgan fingerprint density at radius 3 is 2.52 bits per heavy atom. The van der Waals surface area contributed by atoms with Crippen molar-refractivity contribution in [2.45, 2.75) is 32.2 Å². The molecule has 2 aromatic rings. The molecule has 29 heavy (non-hydrogen) atoms. The third-order valence-electron chi connectivity index (χ3n) is 6.38. The Morgan fingerprint density at radius 1 is 1.07 bits per heavy atom. The summed E-state index contributed by atoms with van der Waals surface area (Å²) in [5.74, 6) is 2.66. The first-order valence-electron chi connectivity index (χ1n) is 10.3. The van der Waals surface area contributed by atoms with E-state index in [2.05, 4.69) is 0 Å². The molecule has 152 valence electrons. The molecule has 0 bridgehead atoms. The van der Waals surface area contributed by atoms with E-state index in [-0.39, 0.29) is 17.9 Å². The largest absolute Gasteiger partial charge is 0.457 e.